The molecule has 3 heterocycles. The van der Waals surface area contributed by atoms with Crippen molar-refractivity contribution in [3.63, 3.8) is 0 Å². The Balaban J connectivity index is 1.21. The van der Waals surface area contributed by atoms with Gasteiger partial charge in [0.25, 0.3) is 5.56 Å². The van der Waals surface area contributed by atoms with Crippen molar-refractivity contribution < 1.29 is 18.7 Å². The van der Waals surface area contributed by atoms with E-state index in [4.69, 9.17) is 14.1 Å². The Labute approximate surface area is 225 Å². The minimum absolute atomic E-state index is 0.00538. The van der Waals surface area contributed by atoms with Gasteiger partial charge in [0.2, 0.25) is 11.8 Å². The average Bonchev–Trinajstić information content (AvgIpc) is 3.66. The summed E-state index contributed by atoms with van der Waals surface area (Å²) in [4.78, 5) is 43.3. The van der Waals surface area contributed by atoms with Crippen LogP contribution in [0.4, 0.5) is 0 Å². The van der Waals surface area contributed by atoms with Crippen molar-refractivity contribution in [3.05, 3.63) is 58.8 Å². The van der Waals surface area contributed by atoms with Crippen molar-refractivity contribution in [2.75, 3.05) is 18.9 Å². The van der Waals surface area contributed by atoms with Crippen molar-refractivity contribution in [1.29, 1.82) is 0 Å². The van der Waals surface area contributed by atoms with Crippen LogP contribution in [0.2, 0.25) is 0 Å². The molecule has 0 spiro atoms. The van der Waals surface area contributed by atoms with Crippen LogP contribution in [0.3, 0.4) is 0 Å². The summed E-state index contributed by atoms with van der Waals surface area (Å²) in [6.07, 6.45) is 7.11. The van der Waals surface area contributed by atoms with E-state index in [2.05, 4.69) is 10.6 Å². The first-order chi connectivity index (χ1) is 18.6. The normalized spacial score (nSPS) is 21.4. The van der Waals surface area contributed by atoms with Crippen LogP contribution in [0.5, 0.6) is 0 Å². The van der Waals surface area contributed by atoms with Crippen molar-refractivity contribution in [2.24, 2.45) is 11.8 Å². The molecule has 1 aliphatic carbocycles. The maximum Gasteiger partial charge on any atom is 0.262 e. The van der Waals surface area contributed by atoms with Gasteiger partial charge in [-0.25, -0.2) is 4.98 Å². The number of nitrogens with one attached hydrogen (secondary N) is 2. The molecular weight excluding hydrogens is 504 g/mol. The SMILES string of the molecule is O=C(CSc1nc2ccccc2c(=O)n1CC1CCC(C(=O)NC[C@@H]2CCCO2)CC1)NCc1ccco1. The van der Waals surface area contributed by atoms with Gasteiger partial charge >= 0.3 is 0 Å². The van der Waals surface area contributed by atoms with Gasteiger partial charge in [0.1, 0.15) is 5.76 Å². The maximum absolute atomic E-state index is 13.5. The second-order valence-corrected chi connectivity index (χ2v) is 11.0. The highest BCUT2D eigenvalue weighted by Crippen LogP contribution is 2.31. The topological polar surface area (TPSA) is 115 Å². The third kappa shape index (κ3) is 6.66. The molecule has 1 saturated carbocycles. The number of para-hydroxylation sites is 1. The fourth-order valence-corrected chi connectivity index (χ4v) is 6.07. The number of aromatic nitrogens is 2. The summed E-state index contributed by atoms with van der Waals surface area (Å²) in [5.41, 5.74) is 0.532. The predicted molar refractivity (Wildman–Crippen MR) is 145 cm³/mol. The lowest BCUT2D eigenvalue weighted by Crippen LogP contribution is -2.38. The lowest BCUT2D eigenvalue weighted by molar-refractivity contribution is -0.126. The minimum atomic E-state index is -0.158. The van der Waals surface area contributed by atoms with Crippen LogP contribution >= 0.6 is 11.8 Å². The number of rotatable bonds is 10. The fourth-order valence-electron chi connectivity index (χ4n) is 5.23. The number of hydrogen-bond donors (Lipinski definition) is 2. The summed E-state index contributed by atoms with van der Waals surface area (Å²) in [5.74, 6) is 1.05. The zero-order chi connectivity index (χ0) is 26.3. The molecule has 3 aromatic rings. The number of carbonyl (C=O) groups is 2. The quantitative estimate of drug-likeness (QED) is 0.300. The number of thioether (sulfide) groups is 1. The third-order valence-corrected chi connectivity index (χ3v) is 8.36. The first kappa shape index (κ1) is 26.5. The minimum Gasteiger partial charge on any atom is -0.467 e. The highest BCUT2D eigenvalue weighted by Gasteiger charge is 2.28. The van der Waals surface area contributed by atoms with E-state index in [-0.39, 0.29) is 41.1 Å². The lowest BCUT2D eigenvalue weighted by Gasteiger charge is -2.29. The molecule has 2 amide bonds. The number of nitrogens with zero attached hydrogens (tertiary/aromatic N) is 2. The smallest absolute Gasteiger partial charge is 0.262 e. The maximum atomic E-state index is 13.5. The zero-order valence-electron chi connectivity index (χ0n) is 21.4. The van der Waals surface area contributed by atoms with E-state index in [0.29, 0.717) is 41.5 Å². The van der Waals surface area contributed by atoms with Crippen LogP contribution in [0.15, 0.2) is 57.0 Å². The van der Waals surface area contributed by atoms with Gasteiger partial charge in [0, 0.05) is 25.6 Å². The molecule has 2 N–H and O–H groups in total. The van der Waals surface area contributed by atoms with Gasteiger partial charge < -0.3 is 19.8 Å². The van der Waals surface area contributed by atoms with Crippen LogP contribution in [0.1, 0.15) is 44.3 Å². The van der Waals surface area contributed by atoms with E-state index in [1.165, 1.54) is 11.8 Å². The molecule has 2 aromatic heterocycles. The van der Waals surface area contributed by atoms with Gasteiger partial charge in [-0.05, 0) is 68.7 Å². The Hall–Kier alpha value is -3.11. The van der Waals surface area contributed by atoms with Crippen LogP contribution in [-0.2, 0) is 27.4 Å². The van der Waals surface area contributed by atoms with Gasteiger partial charge in [-0.3, -0.25) is 19.0 Å². The van der Waals surface area contributed by atoms with E-state index < -0.39 is 0 Å². The Morgan fingerprint density at radius 1 is 1.05 bits per heavy atom. The molecule has 5 rings (SSSR count). The van der Waals surface area contributed by atoms with Gasteiger partial charge in [0.15, 0.2) is 5.16 Å². The average molecular weight is 539 g/mol. The molecule has 1 atom stereocenters. The van der Waals surface area contributed by atoms with E-state index in [0.717, 1.165) is 45.1 Å². The van der Waals surface area contributed by atoms with E-state index in [9.17, 15) is 14.4 Å². The molecule has 1 aromatic carbocycles. The molecule has 9 nitrogen and oxygen atoms in total. The Bertz CT molecular complexity index is 1290. The van der Waals surface area contributed by atoms with Crippen LogP contribution in [-0.4, -0.2) is 46.4 Å². The first-order valence-corrected chi connectivity index (χ1v) is 14.4. The number of amides is 2. The molecule has 1 aliphatic heterocycles. The molecular formula is C28H34N4O5S. The number of fused-ring (bicyclic) bond motifs is 1. The van der Waals surface area contributed by atoms with E-state index >= 15 is 0 Å². The van der Waals surface area contributed by atoms with Gasteiger partial charge in [-0.2, -0.15) is 0 Å². The summed E-state index contributed by atoms with van der Waals surface area (Å²) < 4.78 is 12.6. The highest BCUT2D eigenvalue weighted by atomic mass is 32.2. The summed E-state index contributed by atoms with van der Waals surface area (Å²) in [7, 11) is 0. The zero-order valence-corrected chi connectivity index (χ0v) is 22.2. The van der Waals surface area contributed by atoms with Crippen LogP contribution < -0.4 is 16.2 Å². The van der Waals surface area contributed by atoms with E-state index in [1.807, 2.05) is 18.2 Å². The van der Waals surface area contributed by atoms with E-state index in [1.54, 1.807) is 29.0 Å². The Kier molecular flexibility index (Phi) is 8.80. The van der Waals surface area contributed by atoms with Crippen molar-refractivity contribution in [3.8, 4) is 0 Å². The first-order valence-electron chi connectivity index (χ1n) is 13.4. The predicted octanol–water partition coefficient (Wildman–Crippen LogP) is 3.50. The summed E-state index contributed by atoms with van der Waals surface area (Å²) in [6, 6.07) is 10.9. The number of hydrogen-bond acceptors (Lipinski definition) is 7. The largest absolute Gasteiger partial charge is 0.467 e. The number of carbonyl (C=O) groups excluding carboxylic acids is 2. The summed E-state index contributed by atoms with van der Waals surface area (Å²) in [5, 5.41) is 7.02. The number of furan rings is 1. The fraction of sp³-hybridized carbons (Fsp3) is 0.500. The van der Waals surface area contributed by atoms with Crippen molar-refractivity contribution in [2.45, 2.75) is 62.9 Å². The standard InChI is InChI=1S/C28H34N4O5S/c33-25(29-15-21-5-3-13-36-21)18-38-28-31-24-8-2-1-7-23(24)27(35)32(28)17-19-9-11-20(12-10-19)26(34)30-16-22-6-4-14-37-22/h1-3,5,7-8,13,19-20,22H,4,6,9-12,14-18H2,(H,29,33)(H,30,34)/t19?,20?,22-/m0/s1. The monoisotopic (exact) mass is 538 g/mol. The molecule has 1 saturated heterocycles. The molecule has 2 aliphatic rings. The van der Waals surface area contributed by atoms with Gasteiger partial charge in [-0.15, -0.1) is 0 Å². The Morgan fingerprint density at radius 3 is 2.66 bits per heavy atom. The van der Waals surface area contributed by atoms with Crippen molar-refractivity contribution in [1.82, 2.24) is 20.2 Å². The molecule has 2 fully saturated rings. The number of ether oxygens (including phenoxy) is 1. The lowest BCUT2D eigenvalue weighted by atomic mass is 9.81. The van der Waals surface area contributed by atoms with Gasteiger partial charge in [0.05, 0.1) is 35.6 Å². The molecule has 0 radical (unpaired) electrons. The van der Waals surface area contributed by atoms with Gasteiger partial charge in [-0.1, -0.05) is 23.9 Å². The summed E-state index contributed by atoms with van der Waals surface area (Å²) in [6.45, 7) is 2.21. The second kappa shape index (κ2) is 12.6. The molecule has 38 heavy (non-hydrogen) atoms. The van der Waals surface area contributed by atoms with Crippen molar-refractivity contribution >= 4 is 34.5 Å². The molecule has 202 valence electrons. The molecule has 0 bridgehead atoms. The summed E-state index contributed by atoms with van der Waals surface area (Å²) >= 11 is 1.27. The number of benzene rings is 1. The van der Waals surface area contributed by atoms with Crippen LogP contribution in [0, 0.1) is 11.8 Å². The molecule has 0 unspecified atom stereocenters. The highest BCUT2D eigenvalue weighted by molar-refractivity contribution is 7.99. The Morgan fingerprint density at radius 2 is 1.89 bits per heavy atom. The second-order valence-electron chi connectivity index (χ2n) is 10.1. The van der Waals surface area contributed by atoms with Crippen LogP contribution in [0.25, 0.3) is 10.9 Å². The molecule has 10 heteroatoms. The third-order valence-electron chi connectivity index (χ3n) is 7.39.